The Morgan fingerprint density at radius 3 is 3.00 bits per heavy atom. The van der Waals surface area contributed by atoms with Gasteiger partial charge >= 0.3 is 0 Å². The number of aryl methyl sites for hydroxylation is 1. The number of hydrogen-bond donors (Lipinski definition) is 0. The van der Waals surface area contributed by atoms with Gasteiger partial charge in [0, 0.05) is 19.2 Å². The van der Waals surface area contributed by atoms with Gasteiger partial charge in [-0.3, -0.25) is 14.7 Å². The number of nitrogens with zero attached hydrogens (tertiary/aromatic N) is 2. The van der Waals surface area contributed by atoms with Crippen molar-refractivity contribution in [2.75, 3.05) is 13.7 Å². The van der Waals surface area contributed by atoms with E-state index >= 15 is 0 Å². The fraction of sp³-hybridized carbons (Fsp3) is 0.529. The molecule has 1 aliphatic carbocycles. The van der Waals surface area contributed by atoms with Crippen molar-refractivity contribution >= 4 is 11.7 Å². The van der Waals surface area contributed by atoms with Gasteiger partial charge in [0.25, 0.3) is 5.91 Å². The Labute approximate surface area is 124 Å². The maximum Gasteiger partial charge on any atom is 0.260 e. The molecule has 0 saturated heterocycles. The second-order valence-electron chi connectivity index (χ2n) is 6.27. The van der Waals surface area contributed by atoms with Crippen LogP contribution in [-0.2, 0) is 17.6 Å². The molecule has 0 saturated carbocycles. The van der Waals surface area contributed by atoms with Crippen LogP contribution in [0.2, 0.25) is 0 Å². The van der Waals surface area contributed by atoms with E-state index in [2.05, 4.69) is 19.1 Å². The lowest BCUT2D eigenvalue weighted by molar-refractivity contribution is 0.0834. The molecule has 4 heteroatoms. The molecule has 2 aliphatic heterocycles. The average molecular weight is 284 g/mol. The number of fused-ring (bicyclic) bond motifs is 5. The third-order valence-corrected chi connectivity index (χ3v) is 4.98. The van der Waals surface area contributed by atoms with Crippen molar-refractivity contribution in [3.8, 4) is 0 Å². The summed E-state index contributed by atoms with van der Waals surface area (Å²) in [6, 6.07) is 4.58. The van der Waals surface area contributed by atoms with E-state index in [1.165, 1.54) is 11.1 Å². The summed E-state index contributed by atoms with van der Waals surface area (Å²) in [7, 11) is 1.76. The van der Waals surface area contributed by atoms with Gasteiger partial charge in [0.05, 0.1) is 17.7 Å². The molecule has 1 amide bonds. The van der Waals surface area contributed by atoms with Gasteiger partial charge in [-0.2, -0.15) is 0 Å². The zero-order valence-electron chi connectivity index (χ0n) is 12.6. The normalized spacial score (nSPS) is 27.0. The lowest BCUT2D eigenvalue weighted by atomic mass is 9.85. The maximum absolute atomic E-state index is 12.8. The van der Waals surface area contributed by atoms with Gasteiger partial charge in [-0.1, -0.05) is 12.1 Å². The molecule has 3 aliphatic rings. The van der Waals surface area contributed by atoms with Crippen LogP contribution in [0.15, 0.2) is 17.1 Å². The minimum Gasteiger partial charge on any atom is -0.381 e. The van der Waals surface area contributed by atoms with Crippen LogP contribution in [0.1, 0.15) is 46.8 Å². The summed E-state index contributed by atoms with van der Waals surface area (Å²) in [5.41, 5.74) is 4.42. The van der Waals surface area contributed by atoms with E-state index in [4.69, 9.17) is 9.73 Å². The number of benzene rings is 1. The molecule has 4 rings (SSSR count). The Kier molecular flexibility index (Phi) is 2.89. The second-order valence-corrected chi connectivity index (χ2v) is 6.27. The van der Waals surface area contributed by atoms with Crippen molar-refractivity contribution in [3.63, 3.8) is 0 Å². The zero-order valence-corrected chi connectivity index (χ0v) is 12.6. The van der Waals surface area contributed by atoms with Gasteiger partial charge in [0.2, 0.25) is 0 Å². The summed E-state index contributed by atoms with van der Waals surface area (Å²) in [4.78, 5) is 19.4. The van der Waals surface area contributed by atoms with Crippen LogP contribution in [0, 0.1) is 0 Å². The first kappa shape index (κ1) is 13.0. The van der Waals surface area contributed by atoms with Crippen molar-refractivity contribution in [1.29, 1.82) is 0 Å². The molecular formula is C17H20N2O2. The Morgan fingerprint density at radius 1 is 1.33 bits per heavy atom. The Hall–Kier alpha value is -1.68. The van der Waals surface area contributed by atoms with E-state index in [1.54, 1.807) is 7.11 Å². The lowest BCUT2D eigenvalue weighted by Gasteiger charge is -2.25. The first-order chi connectivity index (χ1) is 10.2. The monoisotopic (exact) mass is 284 g/mol. The minimum atomic E-state index is 0.143. The number of ether oxygens (including phenoxy) is 1. The molecule has 0 aromatic heterocycles. The van der Waals surface area contributed by atoms with E-state index in [9.17, 15) is 4.79 Å². The van der Waals surface area contributed by atoms with Gasteiger partial charge in [0.1, 0.15) is 5.84 Å². The third kappa shape index (κ3) is 1.85. The fourth-order valence-corrected chi connectivity index (χ4v) is 3.75. The van der Waals surface area contributed by atoms with Crippen molar-refractivity contribution < 1.29 is 9.53 Å². The second kappa shape index (κ2) is 4.67. The van der Waals surface area contributed by atoms with Gasteiger partial charge in [0.15, 0.2) is 0 Å². The standard InChI is InChI=1S/C17H20N2O2/c1-10-7-8-19-16(18-10)13-6-4-11-3-5-12(21-2)9-14(11)15(13)17(19)20/h4,6,10,12H,3,5,7-9H2,1-2H3/t10-,12?/m0/s1. The fourth-order valence-electron chi connectivity index (χ4n) is 3.75. The largest absolute Gasteiger partial charge is 0.381 e. The number of amidine groups is 1. The predicted octanol–water partition coefficient (Wildman–Crippen LogP) is 2.18. The van der Waals surface area contributed by atoms with Crippen molar-refractivity contribution in [1.82, 2.24) is 4.90 Å². The Balaban J connectivity index is 1.86. The van der Waals surface area contributed by atoms with Crippen molar-refractivity contribution in [2.24, 2.45) is 4.99 Å². The van der Waals surface area contributed by atoms with Gasteiger partial charge in [-0.05, 0) is 43.7 Å². The maximum atomic E-state index is 12.8. The molecule has 0 spiro atoms. The molecule has 2 heterocycles. The molecule has 1 unspecified atom stereocenters. The predicted molar refractivity (Wildman–Crippen MR) is 80.9 cm³/mol. The summed E-state index contributed by atoms with van der Waals surface area (Å²) in [5.74, 6) is 1.03. The quantitative estimate of drug-likeness (QED) is 0.793. The number of hydrogen-bond acceptors (Lipinski definition) is 3. The molecule has 1 aromatic rings. The summed E-state index contributed by atoms with van der Waals surface area (Å²) < 4.78 is 5.52. The summed E-state index contributed by atoms with van der Waals surface area (Å²) >= 11 is 0. The first-order valence-corrected chi connectivity index (χ1v) is 7.76. The van der Waals surface area contributed by atoms with Crippen LogP contribution in [0.25, 0.3) is 0 Å². The van der Waals surface area contributed by atoms with E-state index < -0.39 is 0 Å². The van der Waals surface area contributed by atoms with E-state index in [1.807, 2.05) is 4.90 Å². The molecular weight excluding hydrogens is 264 g/mol. The third-order valence-electron chi connectivity index (χ3n) is 4.98. The molecule has 2 atom stereocenters. The highest BCUT2D eigenvalue weighted by Crippen LogP contribution is 2.35. The van der Waals surface area contributed by atoms with E-state index in [0.717, 1.165) is 49.2 Å². The van der Waals surface area contributed by atoms with Gasteiger partial charge < -0.3 is 4.74 Å². The Bertz CT molecular complexity index is 650. The van der Waals surface area contributed by atoms with Crippen LogP contribution in [-0.4, -0.2) is 42.4 Å². The molecule has 110 valence electrons. The first-order valence-electron chi connectivity index (χ1n) is 7.76. The molecule has 0 radical (unpaired) electrons. The molecule has 1 aromatic carbocycles. The number of aliphatic imine (C=N–C) groups is 1. The number of carbonyl (C=O) groups excluding carboxylic acids is 1. The smallest absolute Gasteiger partial charge is 0.260 e. The summed E-state index contributed by atoms with van der Waals surface area (Å²) in [5, 5.41) is 0. The van der Waals surface area contributed by atoms with Crippen LogP contribution >= 0.6 is 0 Å². The average Bonchev–Trinajstić information content (AvgIpc) is 2.79. The number of amides is 1. The van der Waals surface area contributed by atoms with Crippen LogP contribution in [0.4, 0.5) is 0 Å². The summed E-state index contributed by atoms with van der Waals surface area (Å²) in [6.07, 6.45) is 4.06. The molecule has 0 bridgehead atoms. The Morgan fingerprint density at radius 2 is 2.19 bits per heavy atom. The van der Waals surface area contributed by atoms with E-state index in [0.29, 0.717) is 6.04 Å². The van der Waals surface area contributed by atoms with Gasteiger partial charge in [-0.15, -0.1) is 0 Å². The van der Waals surface area contributed by atoms with Crippen LogP contribution in [0.5, 0.6) is 0 Å². The topological polar surface area (TPSA) is 41.9 Å². The number of methoxy groups -OCH3 is 1. The molecule has 0 N–H and O–H groups in total. The van der Waals surface area contributed by atoms with Crippen molar-refractivity contribution in [3.05, 3.63) is 34.4 Å². The van der Waals surface area contributed by atoms with Crippen LogP contribution < -0.4 is 0 Å². The lowest BCUT2D eigenvalue weighted by Crippen LogP contribution is -2.37. The molecule has 21 heavy (non-hydrogen) atoms. The molecule has 0 fully saturated rings. The minimum absolute atomic E-state index is 0.143. The highest BCUT2D eigenvalue weighted by Gasteiger charge is 2.39. The molecule has 4 nitrogen and oxygen atoms in total. The number of rotatable bonds is 1. The zero-order chi connectivity index (χ0) is 14.6. The number of carbonyl (C=O) groups is 1. The highest BCUT2D eigenvalue weighted by atomic mass is 16.5. The van der Waals surface area contributed by atoms with Crippen molar-refractivity contribution in [2.45, 2.75) is 44.8 Å². The SMILES string of the molecule is COC1CCc2ccc3c(c2C1)C(=O)N1CC[C@H](C)N=C31. The van der Waals surface area contributed by atoms with E-state index in [-0.39, 0.29) is 12.0 Å². The highest BCUT2D eigenvalue weighted by molar-refractivity contribution is 6.24. The summed E-state index contributed by atoms with van der Waals surface area (Å²) in [6.45, 7) is 2.90. The van der Waals surface area contributed by atoms with Gasteiger partial charge in [-0.25, -0.2) is 0 Å². The van der Waals surface area contributed by atoms with Crippen LogP contribution in [0.3, 0.4) is 0 Å².